The molecule has 0 spiro atoms. The number of halogens is 1. The molecule has 1 aromatic carbocycles. The molecule has 0 heterocycles. The van der Waals surface area contributed by atoms with Crippen molar-refractivity contribution in [1.29, 1.82) is 0 Å². The quantitative estimate of drug-likeness (QED) is 0.658. The van der Waals surface area contributed by atoms with Crippen molar-refractivity contribution in [1.82, 2.24) is 0 Å². The van der Waals surface area contributed by atoms with Crippen molar-refractivity contribution < 1.29 is 13.9 Å². The van der Waals surface area contributed by atoms with Gasteiger partial charge in [-0.2, -0.15) is 0 Å². The third kappa shape index (κ3) is 3.46. The van der Waals surface area contributed by atoms with Gasteiger partial charge >= 0.3 is 5.97 Å². The summed E-state index contributed by atoms with van der Waals surface area (Å²) >= 11 is 0. The fourth-order valence-corrected chi connectivity index (χ4v) is 2.84. The highest BCUT2D eigenvalue weighted by atomic mass is 19.1. The Labute approximate surface area is 112 Å². The van der Waals surface area contributed by atoms with Crippen molar-refractivity contribution in [2.45, 2.75) is 39.2 Å². The number of hydrogen-bond donors (Lipinski definition) is 1. The zero-order chi connectivity index (χ0) is 14.0. The van der Waals surface area contributed by atoms with Crippen LogP contribution in [-0.4, -0.2) is 12.1 Å². The first-order valence-corrected chi connectivity index (χ1v) is 6.71. The molecule has 3 nitrogen and oxygen atoms in total. The van der Waals surface area contributed by atoms with E-state index in [0.29, 0.717) is 11.8 Å². The molecule has 1 fully saturated rings. The van der Waals surface area contributed by atoms with Gasteiger partial charge in [-0.05, 0) is 49.3 Å². The van der Waals surface area contributed by atoms with Gasteiger partial charge in [-0.1, -0.05) is 13.8 Å². The van der Waals surface area contributed by atoms with E-state index < -0.39 is 11.8 Å². The summed E-state index contributed by atoms with van der Waals surface area (Å²) in [6, 6.07) is 4.02. The molecular weight excluding hydrogens is 245 g/mol. The van der Waals surface area contributed by atoms with Crippen molar-refractivity contribution >= 4 is 11.7 Å². The monoisotopic (exact) mass is 265 g/mol. The summed E-state index contributed by atoms with van der Waals surface area (Å²) in [5, 5.41) is 0. The van der Waals surface area contributed by atoms with E-state index in [1.165, 1.54) is 18.6 Å². The van der Waals surface area contributed by atoms with Crippen molar-refractivity contribution in [3.05, 3.63) is 29.6 Å². The summed E-state index contributed by atoms with van der Waals surface area (Å²) < 4.78 is 18.8. The van der Waals surface area contributed by atoms with Crippen molar-refractivity contribution in [3.63, 3.8) is 0 Å². The predicted molar refractivity (Wildman–Crippen MR) is 72.2 cm³/mol. The minimum atomic E-state index is -0.583. The highest BCUT2D eigenvalue weighted by molar-refractivity contribution is 5.90. The molecule has 104 valence electrons. The Bertz CT molecular complexity index is 465. The van der Waals surface area contributed by atoms with Gasteiger partial charge in [0.15, 0.2) is 0 Å². The lowest BCUT2D eigenvalue weighted by Crippen LogP contribution is -2.28. The standard InChI is InChI=1S/C15H20FNO2/c1-9-5-10(2)7-12(6-9)19-15(18)11-3-4-14(17)13(16)8-11/h3-4,8-10,12H,5-7,17H2,1-2H3. The Morgan fingerprint density at radius 2 is 1.89 bits per heavy atom. The summed E-state index contributed by atoms with van der Waals surface area (Å²) in [6.45, 7) is 4.33. The molecule has 0 radical (unpaired) electrons. The van der Waals surface area contributed by atoms with Crippen molar-refractivity contribution in [2.24, 2.45) is 11.8 Å². The number of esters is 1. The first-order valence-electron chi connectivity index (χ1n) is 6.71. The normalized spacial score (nSPS) is 27.0. The van der Waals surface area contributed by atoms with Crippen LogP contribution in [0.2, 0.25) is 0 Å². The van der Waals surface area contributed by atoms with Crippen LogP contribution in [0.3, 0.4) is 0 Å². The molecule has 19 heavy (non-hydrogen) atoms. The average molecular weight is 265 g/mol. The number of rotatable bonds is 2. The first-order chi connectivity index (χ1) is 8.95. The number of nitrogen functional groups attached to an aromatic ring is 1. The maximum absolute atomic E-state index is 13.3. The topological polar surface area (TPSA) is 52.3 Å². The molecule has 0 bridgehead atoms. The lowest BCUT2D eigenvalue weighted by molar-refractivity contribution is 0.00802. The molecule has 1 aliphatic carbocycles. The number of carbonyl (C=O) groups excluding carboxylic acids is 1. The highest BCUT2D eigenvalue weighted by Gasteiger charge is 2.27. The Balaban J connectivity index is 2.02. The van der Waals surface area contributed by atoms with E-state index in [1.807, 2.05) is 0 Å². The summed E-state index contributed by atoms with van der Waals surface area (Å²) in [6.07, 6.45) is 2.87. The highest BCUT2D eigenvalue weighted by Crippen LogP contribution is 2.30. The number of carbonyl (C=O) groups is 1. The van der Waals surface area contributed by atoms with E-state index in [0.717, 1.165) is 18.9 Å². The molecule has 1 saturated carbocycles. The predicted octanol–water partition coefficient (Wildman–Crippen LogP) is 3.39. The number of ether oxygens (including phenoxy) is 1. The van der Waals surface area contributed by atoms with Crippen LogP contribution in [0, 0.1) is 17.7 Å². The SMILES string of the molecule is CC1CC(C)CC(OC(=O)c2ccc(N)c(F)c2)C1. The largest absolute Gasteiger partial charge is 0.459 e. The lowest BCUT2D eigenvalue weighted by atomic mass is 9.82. The van der Waals surface area contributed by atoms with Crippen LogP contribution in [0.4, 0.5) is 10.1 Å². The van der Waals surface area contributed by atoms with Gasteiger partial charge in [-0.25, -0.2) is 9.18 Å². The van der Waals surface area contributed by atoms with E-state index in [4.69, 9.17) is 10.5 Å². The van der Waals surface area contributed by atoms with Crippen LogP contribution in [-0.2, 0) is 4.74 Å². The van der Waals surface area contributed by atoms with E-state index in [1.54, 1.807) is 0 Å². The van der Waals surface area contributed by atoms with Crippen LogP contribution < -0.4 is 5.73 Å². The molecular formula is C15H20FNO2. The molecule has 0 saturated heterocycles. The second-order valence-electron chi connectivity index (χ2n) is 5.68. The van der Waals surface area contributed by atoms with Crippen LogP contribution >= 0.6 is 0 Å². The summed E-state index contributed by atoms with van der Waals surface area (Å²) in [5.74, 6) is 0.0689. The van der Waals surface area contributed by atoms with Crippen LogP contribution in [0.1, 0.15) is 43.5 Å². The third-order valence-corrected chi connectivity index (χ3v) is 3.65. The van der Waals surface area contributed by atoms with Gasteiger partial charge in [0.05, 0.1) is 11.3 Å². The Kier molecular flexibility index (Phi) is 4.08. The number of hydrogen-bond acceptors (Lipinski definition) is 3. The average Bonchev–Trinajstić information content (AvgIpc) is 2.31. The van der Waals surface area contributed by atoms with Crippen LogP contribution in [0.5, 0.6) is 0 Å². The fraction of sp³-hybridized carbons (Fsp3) is 0.533. The smallest absolute Gasteiger partial charge is 0.338 e. The van der Waals surface area contributed by atoms with Gasteiger partial charge in [-0.3, -0.25) is 0 Å². The van der Waals surface area contributed by atoms with Crippen LogP contribution in [0.25, 0.3) is 0 Å². The Morgan fingerprint density at radius 3 is 2.47 bits per heavy atom. The maximum atomic E-state index is 13.3. The number of nitrogens with two attached hydrogens (primary N) is 1. The Hall–Kier alpha value is -1.58. The van der Waals surface area contributed by atoms with E-state index >= 15 is 0 Å². The molecule has 4 heteroatoms. The molecule has 2 unspecified atom stereocenters. The zero-order valence-electron chi connectivity index (χ0n) is 11.4. The molecule has 2 N–H and O–H groups in total. The maximum Gasteiger partial charge on any atom is 0.338 e. The lowest BCUT2D eigenvalue weighted by Gasteiger charge is -2.31. The zero-order valence-corrected chi connectivity index (χ0v) is 11.4. The molecule has 0 aromatic heterocycles. The number of anilines is 1. The molecule has 2 atom stereocenters. The van der Waals surface area contributed by atoms with E-state index in [2.05, 4.69) is 13.8 Å². The van der Waals surface area contributed by atoms with Gasteiger partial charge in [0, 0.05) is 0 Å². The second kappa shape index (κ2) is 5.59. The summed E-state index contributed by atoms with van der Waals surface area (Å²) in [5.41, 5.74) is 5.64. The van der Waals surface area contributed by atoms with Gasteiger partial charge in [0.1, 0.15) is 11.9 Å². The summed E-state index contributed by atoms with van der Waals surface area (Å²) in [7, 11) is 0. The van der Waals surface area contributed by atoms with Gasteiger partial charge in [-0.15, -0.1) is 0 Å². The second-order valence-corrected chi connectivity index (χ2v) is 5.68. The Morgan fingerprint density at radius 1 is 1.26 bits per heavy atom. The molecule has 0 amide bonds. The van der Waals surface area contributed by atoms with Crippen molar-refractivity contribution in [2.75, 3.05) is 5.73 Å². The molecule has 2 rings (SSSR count). The fourth-order valence-electron chi connectivity index (χ4n) is 2.84. The summed E-state index contributed by atoms with van der Waals surface area (Å²) in [4.78, 5) is 12.0. The molecule has 1 aromatic rings. The minimum absolute atomic E-state index is 0.0384. The molecule has 1 aliphatic rings. The van der Waals surface area contributed by atoms with Gasteiger partial charge in [0.2, 0.25) is 0 Å². The van der Waals surface area contributed by atoms with Crippen molar-refractivity contribution in [3.8, 4) is 0 Å². The first kappa shape index (κ1) is 13.8. The minimum Gasteiger partial charge on any atom is -0.459 e. The number of benzene rings is 1. The van der Waals surface area contributed by atoms with E-state index in [9.17, 15) is 9.18 Å². The van der Waals surface area contributed by atoms with Crippen LogP contribution in [0.15, 0.2) is 18.2 Å². The van der Waals surface area contributed by atoms with Gasteiger partial charge in [0.25, 0.3) is 0 Å². The third-order valence-electron chi connectivity index (χ3n) is 3.65. The molecule has 0 aliphatic heterocycles. The van der Waals surface area contributed by atoms with E-state index in [-0.39, 0.29) is 17.4 Å². The van der Waals surface area contributed by atoms with Gasteiger partial charge < -0.3 is 10.5 Å².